The Labute approximate surface area is 109 Å². The molecule has 0 amide bonds. The van der Waals surface area contributed by atoms with E-state index in [2.05, 4.69) is 35.3 Å². The third-order valence-electron chi connectivity index (χ3n) is 5.21. The molecule has 3 aliphatic rings. The molecule has 0 radical (unpaired) electrons. The van der Waals surface area contributed by atoms with E-state index < -0.39 is 0 Å². The zero-order valence-electron chi connectivity index (χ0n) is 11.2. The normalized spacial score (nSPS) is 34.8. The number of aryl methyl sites for hydroxylation is 2. The summed E-state index contributed by atoms with van der Waals surface area (Å²) in [6.45, 7) is 7.34. The van der Waals surface area contributed by atoms with Crippen LogP contribution in [0.4, 0.5) is 0 Å². The first-order valence-electron chi connectivity index (χ1n) is 7.35. The third kappa shape index (κ3) is 1.63. The number of hydrogen-bond donors (Lipinski definition) is 1. The van der Waals surface area contributed by atoms with E-state index in [0.717, 1.165) is 11.8 Å². The lowest BCUT2D eigenvalue weighted by molar-refractivity contribution is 0.228. The molecule has 1 aromatic rings. The Hall–Kier alpha value is -0.860. The fourth-order valence-corrected chi connectivity index (χ4v) is 4.23. The van der Waals surface area contributed by atoms with Gasteiger partial charge >= 0.3 is 0 Å². The molecule has 1 aliphatic carbocycles. The quantitative estimate of drug-likeness (QED) is 0.811. The Bertz CT molecular complexity index is 456. The lowest BCUT2D eigenvalue weighted by Crippen LogP contribution is -2.28. The standard InChI is InChI=1S/C16H22N2/c1-11-2-3-12-4-5-16(15(12)6-11)18-9-13-7-17-8-14(13)10-18/h2-3,6,13-14,16-17H,4-5,7-10H2,1H3. The summed E-state index contributed by atoms with van der Waals surface area (Å²) in [5, 5.41) is 3.54. The van der Waals surface area contributed by atoms with Crippen molar-refractivity contribution in [3.8, 4) is 0 Å². The highest BCUT2D eigenvalue weighted by molar-refractivity contribution is 5.37. The average Bonchev–Trinajstić information content (AvgIpc) is 2.99. The van der Waals surface area contributed by atoms with Gasteiger partial charge in [-0.1, -0.05) is 23.8 Å². The molecule has 0 bridgehead atoms. The Balaban J connectivity index is 1.59. The second-order valence-corrected chi connectivity index (χ2v) is 6.39. The van der Waals surface area contributed by atoms with Gasteiger partial charge < -0.3 is 5.32 Å². The maximum atomic E-state index is 3.54. The number of benzene rings is 1. The van der Waals surface area contributed by atoms with Crippen LogP contribution in [0.2, 0.25) is 0 Å². The molecule has 0 aromatic heterocycles. The first kappa shape index (κ1) is 11.0. The van der Waals surface area contributed by atoms with Crippen LogP contribution in [0.25, 0.3) is 0 Å². The van der Waals surface area contributed by atoms with E-state index in [1.165, 1.54) is 44.6 Å². The van der Waals surface area contributed by atoms with Gasteiger partial charge in [0.25, 0.3) is 0 Å². The van der Waals surface area contributed by atoms with Crippen LogP contribution in [-0.4, -0.2) is 31.1 Å². The predicted molar refractivity (Wildman–Crippen MR) is 73.7 cm³/mol. The Morgan fingerprint density at radius 3 is 2.72 bits per heavy atom. The first-order chi connectivity index (χ1) is 8.81. The van der Waals surface area contributed by atoms with Crippen LogP contribution in [0.3, 0.4) is 0 Å². The van der Waals surface area contributed by atoms with Gasteiger partial charge in [0, 0.05) is 19.1 Å². The van der Waals surface area contributed by atoms with E-state index in [0.29, 0.717) is 6.04 Å². The van der Waals surface area contributed by atoms with E-state index in [4.69, 9.17) is 0 Å². The van der Waals surface area contributed by atoms with Gasteiger partial charge in [0.2, 0.25) is 0 Å². The molecule has 1 N–H and O–H groups in total. The van der Waals surface area contributed by atoms with Gasteiger partial charge in [0.05, 0.1) is 0 Å². The van der Waals surface area contributed by atoms with Crippen molar-refractivity contribution in [3.05, 3.63) is 34.9 Å². The summed E-state index contributed by atoms with van der Waals surface area (Å²) in [7, 11) is 0. The second kappa shape index (κ2) is 4.07. The molecule has 96 valence electrons. The molecule has 2 fully saturated rings. The van der Waals surface area contributed by atoms with Gasteiger partial charge in [-0.25, -0.2) is 0 Å². The van der Waals surface area contributed by atoms with Crippen molar-refractivity contribution in [1.29, 1.82) is 0 Å². The topological polar surface area (TPSA) is 15.3 Å². The molecule has 0 spiro atoms. The molecular weight excluding hydrogens is 220 g/mol. The molecule has 2 aliphatic heterocycles. The highest BCUT2D eigenvalue weighted by atomic mass is 15.2. The molecule has 2 heteroatoms. The van der Waals surface area contributed by atoms with E-state index in [9.17, 15) is 0 Å². The predicted octanol–water partition coefficient (Wildman–Crippen LogP) is 2.13. The molecular formula is C16H22N2. The van der Waals surface area contributed by atoms with E-state index in [1.54, 1.807) is 11.1 Å². The van der Waals surface area contributed by atoms with Crippen LogP contribution >= 0.6 is 0 Å². The smallest absolute Gasteiger partial charge is 0.0354 e. The number of hydrogen-bond acceptors (Lipinski definition) is 2. The Kier molecular flexibility index (Phi) is 2.49. The molecule has 3 atom stereocenters. The molecule has 0 saturated carbocycles. The van der Waals surface area contributed by atoms with Gasteiger partial charge in [-0.3, -0.25) is 4.90 Å². The minimum Gasteiger partial charge on any atom is -0.316 e. The fraction of sp³-hybridized carbons (Fsp3) is 0.625. The van der Waals surface area contributed by atoms with Gasteiger partial charge in [0.1, 0.15) is 0 Å². The number of fused-ring (bicyclic) bond motifs is 2. The summed E-state index contributed by atoms with van der Waals surface area (Å²) < 4.78 is 0. The highest BCUT2D eigenvalue weighted by Gasteiger charge is 2.40. The van der Waals surface area contributed by atoms with Crippen LogP contribution < -0.4 is 5.32 Å². The molecule has 2 nitrogen and oxygen atoms in total. The largest absolute Gasteiger partial charge is 0.316 e. The van der Waals surface area contributed by atoms with Gasteiger partial charge in [-0.05, 0) is 55.8 Å². The molecule has 1 aromatic carbocycles. The van der Waals surface area contributed by atoms with Crippen molar-refractivity contribution in [2.45, 2.75) is 25.8 Å². The van der Waals surface area contributed by atoms with Crippen molar-refractivity contribution in [3.63, 3.8) is 0 Å². The van der Waals surface area contributed by atoms with Gasteiger partial charge in [-0.15, -0.1) is 0 Å². The van der Waals surface area contributed by atoms with Crippen molar-refractivity contribution >= 4 is 0 Å². The number of nitrogens with zero attached hydrogens (tertiary/aromatic N) is 1. The van der Waals surface area contributed by atoms with E-state index >= 15 is 0 Å². The highest BCUT2D eigenvalue weighted by Crippen LogP contribution is 2.40. The SMILES string of the molecule is Cc1ccc2c(c1)C(N1CC3CNCC3C1)CC2. The van der Waals surface area contributed by atoms with Crippen LogP contribution in [-0.2, 0) is 6.42 Å². The van der Waals surface area contributed by atoms with Crippen molar-refractivity contribution in [1.82, 2.24) is 10.2 Å². The van der Waals surface area contributed by atoms with Crippen LogP contribution in [0, 0.1) is 18.8 Å². The maximum absolute atomic E-state index is 3.54. The zero-order valence-corrected chi connectivity index (χ0v) is 11.2. The molecule has 3 unspecified atom stereocenters. The summed E-state index contributed by atoms with van der Waals surface area (Å²) in [6.07, 6.45) is 2.62. The van der Waals surface area contributed by atoms with E-state index in [-0.39, 0.29) is 0 Å². The van der Waals surface area contributed by atoms with Crippen molar-refractivity contribution < 1.29 is 0 Å². The van der Waals surface area contributed by atoms with Gasteiger partial charge in [-0.2, -0.15) is 0 Å². The molecule has 18 heavy (non-hydrogen) atoms. The van der Waals surface area contributed by atoms with Crippen LogP contribution in [0.15, 0.2) is 18.2 Å². The maximum Gasteiger partial charge on any atom is 0.0354 e. The van der Waals surface area contributed by atoms with Crippen LogP contribution in [0.1, 0.15) is 29.2 Å². The fourth-order valence-electron chi connectivity index (χ4n) is 4.23. The molecule has 2 saturated heterocycles. The summed E-state index contributed by atoms with van der Waals surface area (Å²) in [5.41, 5.74) is 4.64. The minimum atomic E-state index is 0.713. The summed E-state index contributed by atoms with van der Waals surface area (Å²) in [4.78, 5) is 2.77. The molecule has 4 rings (SSSR count). The van der Waals surface area contributed by atoms with Crippen molar-refractivity contribution in [2.24, 2.45) is 11.8 Å². The lowest BCUT2D eigenvalue weighted by atomic mass is 10.0. The molecule has 2 heterocycles. The van der Waals surface area contributed by atoms with Gasteiger partial charge in [0.15, 0.2) is 0 Å². The number of rotatable bonds is 1. The minimum absolute atomic E-state index is 0.713. The first-order valence-corrected chi connectivity index (χ1v) is 7.35. The third-order valence-corrected chi connectivity index (χ3v) is 5.21. The summed E-state index contributed by atoms with van der Waals surface area (Å²) in [6, 6.07) is 7.76. The Morgan fingerprint density at radius 2 is 1.94 bits per heavy atom. The number of nitrogens with one attached hydrogen (secondary N) is 1. The van der Waals surface area contributed by atoms with Crippen molar-refractivity contribution in [2.75, 3.05) is 26.2 Å². The number of likely N-dealkylation sites (tertiary alicyclic amines) is 1. The zero-order chi connectivity index (χ0) is 12.1. The monoisotopic (exact) mass is 242 g/mol. The Morgan fingerprint density at radius 1 is 1.17 bits per heavy atom. The van der Waals surface area contributed by atoms with E-state index in [1.807, 2.05) is 0 Å². The second-order valence-electron chi connectivity index (χ2n) is 6.39. The average molecular weight is 242 g/mol. The summed E-state index contributed by atoms with van der Waals surface area (Å²) >= 11 is 0. The summed E-state index contributed by atoms with van der Waals surface area (Å²) in [5.74, 6) is 1.83. The van der Waals surface area contributed by atoms with Crippen LogP contribution in [0.5, 0.6) is 0 Å². The lowest BCUT2D eigenvalue weighted by Gasteiger charge is -2.26.